The molecule has 39 heavy (non-hydrogen) atoms. The lowest BCUT2D eigenvalue weighted by atomic mass is 10.0. The molecule has 0 N–H and O–H groups in total. The van der Waals surface area contributed by atoms with E-state index >= 15 is 0 Å². The summed E-state index contributed by atoms with van der Waals surface area (Å²) >= 11 is 0. The van der Waals surface area contributed by atoms with E-state index in [4.69, 9.17) is 14.2 Å². The molecule has 0 aliphatic heterocycles. The number of carbonyl (C=O) groups is 3. The molecule has 0 spiro atoms. The van der Waals surface area contributed by atoms with Gasteiger partial charge in [-0.1, -0.05) is 0 Å². The number of rotatable bonds is 3. The van der Waals surface area contributed by atoms with Crippen LogP contribution in [0.1, 0.15) is 51.9 Å². The Labute approximate surface area is 223 Å². The Balaban J connectivity index is 1.80. The molecular weight excluding hydrogens is 509 g/mol. The van der Waals surface area contributed by atoms with Crippen molar-refractivity contribution in [1.82, 2.24) is 19.6 Å². The number of ether oxygens (including phenoxy) is 3. The minimum Gasteiger partial charge on any atom is -0.465 e. The van der Waals surface area contributed by atoms with Crippen LogP contribution in [0.25, 0.3) is 27.8 Å². The molecule has 0 saturated carbocycles. The first-order chi connectivity index (χ1) is 18.1. The minimum atomic E-state index is -1.00. The number of anilines is 1. The summed E-state index contributed by atoms with van der Waals surface area (Å²) < 4.78 is 30.9. The topological polar surface area (TPSA) is 125 Å². The number of hydrogen-bond donors (Lipinski definition) is 0. The van der Waals surface area contributed by atoms with Crippen molar-refractivity contribution >= 4 is 40.7 Å². The maximum Gasteiger partial charge on any atom is 0.427 e. The number of esters is 1. The molecule has 0 bridgehead atoms. The Morgan fingerprint density at radius 3 is 2.13 bits per heavy atom. The average molecular weight is 538 g/mol. The third-order valence-corrected chi connectivity index (χ3v) is 5.15. The van der Waals surface area contributed by atoms with Gasteiger partial charge in [-0.2, -0.15) is 4.98 Å². The third kappa shape index (κ3) is 6.11. The van der Waals surface area contributed by atoms with Crippen LogP contribution in [-0.2, 0) is 14.2 Å². The van der Waals surface area contributed by atoms with Gasteiger partial charge in [0.2, 0.25) is 0 Å². The Morgan fingerprint density at radius 2 is 1.54 bits per heavy atom. The zero-order valence-electron chi connectivity index (χ0n) is 22.6. The molecule has 2 amide bonds. The van der Waals surface area contributed by atoms with Gasteiger partial charge in [0.25, 0.3) is 5.95 Å². The predicted octanol–water partition coefficient (Wildman–Crippen LogP) is 5.55. The minimum absolute atomic E-state index is 0.139. The second kappa shape index (κ2) is 9.93. The molecule has 11 nitrogen and oxygen atoms in total. The van der Waals surface area contributed by atoms with Crippen LogP contribution in [0.5, 0.6) is 0 Å². The van der Waals surface area contributed by atoms with Gasteiger partial charge >= 0.3 is 18.2 Å². The summed E-state index contributed by atoms with van der Waals surface area (Å²) in [6, 6.07) is 8.69. The number of methoxy groups -OCH3 is 1. The molecule has 4 rings (SSSR count). The maximum absolute atomic E-state index is 13.9. The molecule has 0 aliphatic rings. The number of halogens is 1. The summed E-state index contributed by atoms with van der Waals surface area (Å²) in [5, 5.41) is 4.57. The van der Waals surface area contributed by atoms with Crippen molar-refractivity contribution in [3.63, 3.8) is 0 Å². The van der Waals surface area contributed by atoms with Crippen LogP contribution >= 0.6 is 0 Å². The summed E-state index contributed by atoms with van der Waals surface area (Å²) in [6.07, 6.45) is -0.448. The number of imide groups is 1. The van der Waals surface area contributed by atoms with Crippen LogP contribution in [0.3, 0.4) is 0 Å². The molecule has 0 unspecified atom stereocenters. The first kappa shape index (κ1) is 27.4. The highest BCUT2D eigenvalue weighted by Crippen LogP contribution is 2.28. The standard InChI is InChI=1S/C27H28FN5O6/c1-26(2,3)38-24(35)33(25(36)39-27(4,5)6)23-30-21-12-15(10-11-32(21)31-23)20-14-18(22(34)37-7)17-13-16(28)8-9-19(17)29-20/h8-14H,1-7H3. The highest BCUT2D eigenvalue weighted by Gasteiger charge is 2.35. The molecule has 0 fully saturated rings. The van der Waals surface area contributed by atoms with Crippen LogP contribution in [0, 0.1) is 5.82 Å². The molecular formula is C27H28FN5O6. The molecule has 1 aromatic carbocycles. The smallest absolute Gasteiger partial charge is 0.427 e. The largest absolute Gasteiger partial charge is 0.465 e. The van der Waals surface area contributed by atoms with E-state index in [0.29, 0.717) is 27.1 Å². The van der Waals surface area contributed by atoms with Crippen LogP contribution < -0.4 is 4.90 Å². The molecule has 0 atom stereocenters. The second-order valence-corrected chi connectivity index (χ2v) is 10.6. The summed E-state index contributed by atoms with van der Waals surface area (Å²) in [5.41, 5.74) is -0.0774. The monoisotopic (exact) mass is 537 g/mol. The van der Waals surface area contributed by atoms with Crippen molar-refractivity contribution in [2.24, 2.45) is 0 Å². The van der Waals surface area contributed by atoms with Crippen LogP contribution in [0.15, 0.2) is 42.6 Å². The summed E-state index contributed by atoms with van der Waals surface area (Å²) in [5.74, 6) is -1.42. The van der Waals surface area contributed by atoms with Gasteiger partial charge in [-0.05, 0) is 77.9 Å². The van der Waals surface area contributed by atoms with Gasteiger partial charge in [0.05, 0.1) is 23.9 Å². The fourth-order valence-corrected chi connectivity index (χ4v) is 3.60. The Kier molecular flexibility index (Phi) is 6.98. The van der Waals surface area contributed by atoms with Crippen molar-refractivity contribution in [2.75, 3.05) is 12.0 Å². The number of fused-ring (bicyclic) bond motifs is 2. The van der Waals surface area contributed by atoms with E-state index in [9.17, 15) is 18.8 Å². The van der Waals surface area contributed by atoms with Crippen molar-refractivity contribution in [3.8, 4) is 11.3 Å². The first-order valence-corrected chi connectivity index (χ1v) is 12.0. The number of carbonyl (C=O) groups excluding carboxylic acids is 3. The SMILES string of the molecule is COC(=O)c1cc(-c2ccn3nc(N(C(=O)OC(C)(C)C)C(=O)OC(C)(C)C)nc3c2)nc2ccc(F)cc12. The van der Waals surface area contributed by atoms with Gasteiger partial charge in [-0.25, -0.2) is 28.3 Å². The predicted molar refractivity (Wildman–Crippen MR) is 140 cm³/mol. The van der Waals surface area contributed by atoms with Gasteiger partial charge in [0, 0.05) is 17.1 Å². The lowest BCUT2D eigenvalue weighted by Gasteiger charge is -2.26. The number of pyridine rings is 2. The van der Waals surface area contributed by atoms with Crippen molar-refractivity contribution < 1.29 is 33.0 Å². The van der Waals surface area contributed by atoms with Crippen molar-refractivity contribution in [3.05, 3.63) is 54.0 Å². The molecule has 4 aromatic rings. The number of amides is 2. The first-order valence-electron chi connectivity index (χ1n) is 12.0. The van der Waals surface area contributed by atoms with E-state index in [1.165, 1.54) is 35.9 Å². The Morgan fingerprint density at radius 1 is 0.897 bits per heavy atom. The lowest BCUT2D eigenvalue weighted by molar-refractivity contribution is 0.0426. The number of nitrogens with zero attached hydrogens (tertiary/aromatic N) is 5. The fraction of sp³-hybridized carbons (Fsp3) is 0.333. The highest BCUT2D eigenvalue weighted by molar-refractivity contribution is 6.08. The second-order valence-electron chi connectivity index (χ2n) is 10.6. The van der Waals surface area contributed by atoms with Gasteiger partial charge in [0.15, 0.2) is 5.65 Å². The summed E-state index contributed by atoms with van der Waals surface area (Å²) in [7, 11) is 1.23. The Bertz CT molecular complexity index is 1570. The zero-order valence-corrected chi connectivity index (χ0v) is 22.6. The van der Waals surface area contributed by atoms with Gasteiger partial charge in [-0.3, -0.25) is 0 Å². The van der Waals surface area contributed by atoms with Crippen molar-refractivity contribution in [2.45, 2.75) is 52.7 Å². The number of benzene rings is 1. The third-order valence-electron chi connectivity index (χ3n) is 5.15. The number of hydrogen-bond acceptors (Lipinski definition) is 9. The Hall–Kier alpha value is -4.61. The molecule has 0 aliphatic carbocycles. The van der Waals surface area contributed by atoms with Crippen LogP contribution in [0.4, 0.5) is 19.9 Å². The van der Waals surface area contributed by atoms with Gasteiger partial charge in [-0.15, -0.1) is 10.00 Å². The van der Waals surface area contributed by atoms with E-state index in [-0.39, 0.29) is 17.2 Å². The summed E-state index contributed by atoms with van der Waals surface area (Å²) in [6.45, 7) is 9.97. The molecule has 0 radical (unpaired) electrons. The quantitative estimate of drug-likeness (QED) is 0.244. The van der Waals surface area contributed by atoms with Gasteiger partial charge in [0.1, 0.15) is 17.0 Å². The van der Waals surface area contributed by atoms with E-state index in [0.717, 1.165) is 0 Å². The number of aromatic nitrogens is 4. The molecule has 0 saturated heterocycles. The van der Waals surface area contributed by atoms with E-state index in [1.54, 1.807) is 59.9 Å². The lowest BCUT2D eigenvalue weighted by Crippen LogP contribution is -2.44. The van der Waals surface area contributed by atoms with Gasteiger partial charge < -0.3 is 14.2 Å². The summed E-state index contributed by atoms with van der Waals surface area (Å²) in [4.78, 5) is 47.9. The zero-order chi connectivity index (χ0) is 28.7. The van der Waals surface area contributed by atoms with E-state index in [2.05, 4.69) is 15.1 Å². The van der Waals surface area contributed by atoms with Crippen LogP contribution in [0.2, 0.25) is 0 Å². The fourth-order valence-electron chi connectivity index (χ4n) is 3.60. The normalized spacial score (nSPS) is 11.9. The van der Waals surface area contributed by atoms with Crippen LogP contribution in [-0.4, -0.2) is 56.0 Å². The molecule has 3 aromatic heterocycles. The maximum atomic E-state index is 13.9. The highest BCUT2D eigenvalue weighted by atomic mass is 19.1. The van der Waals surface area contributed by atoms with E-state index < -0.39 is 35.2 Å². The average Bonchev–Trinajstić information content (AvgIpc) is 3.23. The molecule has 12 heteroatoms. The van der Waals surface area contributed by atoms with Crippen molar-refractivity contribution in [1.29, 1.82) is 0 Å². The van der Waals surface area contributed by atoms with E-state index in [1.807, 2.05) is 0 Å². The molecule has 204 valence electrons. The molecule has 3 heterocycles.